The molecule has 0 saturated carbocycles. The van der Waals surface area contributed by atoms with Gasteiger partial charge in [0.25, 0.3) is 0 Å². The van der Waals surface area contributed by atoms with Gasteiger partial charge in [-0.1, -0.05) is 29.2 Å². The minimum atomic E-state index is -0.902. The summed E-state index contributed by atoms with van der Waals surface area (Å²) in [4.78, 5) is 23.7. The van der Waals surface area contributed by atoms with Crippen molar-refractivity contribution in [2.45, 2.75) is 10.8 Å². The number of thioether (sulfide) groups is 1. The average Bonchev–Trinajstić information content (AvgIpc) is 2.92. The second-order valence-electron chi connectivity index (χ2n) is 3.74. The van der Waals surface area contributed by atoms with E-state index in [9.17, 15) is 9.59 Å². The van der Waals surface area contributed by atoms with Gasteiger partial charge < -0.3 is 5.11 Å². The number of carboxylic acid groups (broad SMARTS) is 1. The van der Waals surface area contributed by atoms with E-state index in [1.165, 1.54) is 11.3 Å². The predicted octanol–water partition coefficient (Wildman–Crippen LogP) is 1.25. The van der Waals surface area contributed by atoms with Crippen LogP contribution in [-0.4, -0.2) is 39.5 Å². The lowest BCUT2D eigenvalue weighted by molar-refractivity contribution is -0.133. The van der Waals surface area contributed by atoms with Gasteiger partial charge in [-0.25, -0.2) is 0 Å². The first-order chi connectivity index (χ1) is 8.60. The number of aromatic nitrogens is 2. The number of amides is 1. The molecule has 18 heavy (non-hydrogen) atoms. The predicted molar refractivity (Wildman–Crippen MR) is 68.9 cm³/mol. The van der Waals surface area contributed by atoms with Crippen molar-refractivity contribution >= 4 is 40.1 Å². The van der Waals surface area contributed by atoms with Gasteiger partial charge in [0.1, 0.15) is 0 Å². The first-order valence-corrected chi connectivity index (χ1v) is 7.01. The Bertz CT molecular complexity index is 488. The summed E-state index contributed by atoms with van der Waals surface area (Å²) in [6, 6.07) is 0. The third-order valence-corrected chi connectivity index (χ3v) is 4.50. The van der Waals surface area contributed by atoms with Gasteiger partial charge in [0.05, 0.1) is 5.75 Å². The van der Waals surface area contributed by atoms with Crippen LogP contribution < -0.4 is 4.90 Å². The molecule has 2 heterocycles. The number of carbonyl (C=O) groups excluding carboxylic acids is 1. The fraction of sp³-hybridized carbons (Fsp3) is 0.400. The number of hydrogen-bond donors (Lipinski definition) is 1. The van der Waals surface area contributed by atoms with Gasteiger partial charge in [0.2, 0.25) is 11.0 Å². The Morgan fingerprint density at radius 1 is 1.67 bits per heavy atom. The quantitative estimate of drug-likeness (QED) is 0.498. The van der Waals surface area contributed by atoms with Crippen LogP contribution in [0.25, 0.3) is 0 Å². The number of carboxylic acids is 1. The zero-order chi connectivity index (χ0) is 13.1. The first-order valence-electron chi connectivity index (χ1n) is 5.21. The van der Waals surface area contributed by atoms with E-state index >= 15 is 0 Å². The highest BCUT2D eigenvalue weighted by atomic mass is 32.2. The molecule has 1 aliphatic heterocycles. The molecule has 1 aromatic heterocycles. The SMILES string of the molecule is C=CC1CC(=O)N(c2nnc(SCC(=O)O)s2)C1. The highest BCUT2D eigenvalue weighted by Crippen LogP contribution is 2.31. The summed E-state index contributed by atoms with van der Waals surface area (Å²) in [5.74, 6) is -0.805. The summed E-state index contributed by atoms with van der Waals surface area (Å²) in [5, 5.41) is 16.9. The van der Waals surface area contributed by atoms with Crippen LogP contribution in [0, 0.1) is 5.92 Å². The van der Waals surface area contributed by atoms with Crippen molar-refractivity contribution < 1.29 is 14.7 Å². The van der Waals surface area contributed by atoms with Gasteiger partial charge in [-0.05, 0) is 0 Å². The van der Waals surface area contributed by atoms with Crippen molar-refractivity contribution in [2.24, 2.45) is 5.92 Å². The second-order valence-corrected chi connectivity index (χ2v) is 5.92. The van der Waals surface area contributed by atoms with E-state index in [0.29, 0.717) is 22.4 Å². The fourth-order valence-electron chi connectivity index (χ4n) is 1.57. The third kappa shape index (κ3) is 2.88. The molecule has 2 rings (SSSR count). The molecule has 1 N–H and O–H groups in total. The van der Waals surface area contributed by atoms with Gasteiger partial charge in [-0.2, -0.15) is 0 Å². The lowest BCUT2D eigenvalue weighted by Crippen LogP contribution is -2.24. The van der Waals surface area contributed by atoms with Crippen LogP contribution in [-0.2, 0) is 9.59 Å². The minimum Gasteiger partial charge on any atom is -0.481 e. The van der Waals surface area contributed by atoms with Crippen LogP contribution in [0.2, 0.25) is 0 Å². The van der Waals surface area contributed by atoms with Crippen molar-refractivity contribution in [1.29, 1.82) is 0 Å². The molecular formula is C10H11N3O3S2. The minimum absolute atomic E-state index is 0.00540. The van der Waals surface area contributed by atoms with E-state index in [4.69, 9.17) is 5.11 Å². The van der Waals surface area contributed by atoms with Crippen molar-refractivity contribution in [3.05, 3.63) is 12.7 Å². The standard InChI is InChI=1S/C10H11N3O3S2/c1-2-6-3-7(14)13(4-6)9-11-12-10(18-9)17-5-8(15)16/h2,6H,1,3-5H2,(H,15,16). The Balaban J connectivity index is 2.03. The topological polar surface area (TPSA) is 83.4 Å². The molecule has 0 bridgehead atoms. The zero-order valence-electron chi connectivity index (χ0n) is 9.40. The molecule has 1 aliphatic rings. The Morgan fingerprint density at radius 2 is 2.44 bits per heavy atom. The van der Waals surface area contributed by atoms with Crippen molar-refractivity contribution in [3.63, 3.8) is 0 Å². The van der Waals surface area contributed by atoms with Gasteiger partial charge in [0.15, 0.2) is 4.34 Å². The molecule has 1 unspecified atom stereocenters. The van der Waals surface area contributed by atoms with Crippen molar-refractivity contribution in [3.8, 4) is 0 Å². The molecule has 1 fully saturated rings. The molecule has 1 amide bonds. The molecular weight excluding hydrogens is 274 g/mol. The van der Waals surface area contributed by atoms with Gasteiger partial charge in [-0.15, -0.1) is 16.8 Å². The lowest BCUT2D eigenvalue weighted by atomic mass is 10.1. The zero-order valence-corrected chi connectivity index (χ0v) is 11.0. The Morgan fingerprint density at radius 3 is 3.06 bits per heavy atom. The molecule has 1 atom stereocenters. The van der Waals surface area contributed by atoms with Crippen LogP contribution in [0.5, 0.6) is 0 Å². The number of nitrogens with zero attached hydrogens (tertiary/aromatic N) is 3. The third-order valence-electron chi connectivity index (χ3n) is 2.43. The van der Waals surface area contributed by atoms with Crippen molar-refractivity contribution in [2.75, 3.05) is 17.2 Å². The maximum Gasteiger partial charge on any atom is 0.313 e. The molecule has 0 aliphatic carbocycles. The Hall–Kier alpha value is -1.41. The smallest absolute Gasteiger partial charge is 0.313 e. The van der Waals surface area contributed by atoms with Crippen LogP contribution in [0.15, 0.2) is 17.0 Å². The number of anilines is 1. The first kappa shape index (κ1) is 13.0. The van der Waals surface area contributed by atoms with Gasteiger partial charge in [-0.3, -0.25) is 14.5 Å². The fourth-order valence-corrected chi connectivity index (χ4v) is 3.16. The van der Waals surface area contributed by atoms with Gasteiger partial charge in [0, 0.05) is 18.9 Å². The molecule has 8 heteroatoms. The Kier molecular flexibility index (Phi) is 3.97. The summed E-state index contributed by atoms with van der Waals surface area (Å²) in [6.45, 7) is 4.25. The molecule has 1 saturated heterocycles. The summed E-state index contributed by atoms with van der Waals surface area (Å²) in [5.41, 5.74) is 0. The molecule has 0 radical (unpaired) electrons. The van der Waals surface area contributed by atoms with E-state index < -0.39 is 5.97 Å². The second kappa shape index (κ2) is 5.49. The normalized spacial score (nSPS) is 19.2. The summed E-state index contributed by atoms with van der Waals surface area (Å²) < 4.78 is 0.558. The van der Waals surface area contributed by atoms with E-state index in [1.54, 1.807) is 11.0 Å². The largest absolute Gasteiger partial charge is 0.481 e. The molecule has 96 valence electrons. The van der Waals surface area contributed by atoms with Crippen LogP contribution in [0.3, 0.4) is 0 Å². The molecule has 0 aromatic carbocycles. The highest BCUT2D eigenvalue weighted by molar-refractivity contribution is 8.01. The monoisotopic (exact) mass is 285 g/mol. The highest BCUT2D eigenvalue weighted by Gasteiger charge is 2.31. The maximum atomic E-state index is 11.7. The molecule has 1 aromatic rings. The van der Waals surface area contributed by atoms with E-state index in [1.807, 2.05) is 0 Å². The molecule has 0 spiro atoms. The number of rotatable bonds is 5. The maximum absolute atomic E-state index is 11.7. The van der Waals surface area contributed by atoms with E-state index in [-0.39, 0.29) is 17.6 Å². The van der Waals surface area contributed by atoms with Crippen LogP contribution in [0.1, 0.15) is 6.42 Å². The molecule has 6 nitrogen and oxygen atoms in total. The van der Waals surface area contributed by atoms with E-state index in [2.05, 4.69) is 16.8 Å². The summed E-state index contributed by atoms with van der Waals surface area (Å²) in [6.07, 6.45) is 2.21. The summed E-state index contributed by atoms with van der Waals surface area (Å²) in [7, 11) is 0. The van der Waals surface area contributed by atoms with Crippen LogP contribution in [0.4, 0.5) is 5.13 Å². The van der Waals surface area contributed by atoms with Crippen molar-refractivity contribution in [1.82, 2.24) is 10.2 Å². The Labute approximate surface area is 112 Å². The average molecular weight is 285 g/mol. The van der Waals surface area contributed by atoms with E-state index in [0.717, 1.165) is 11.8 Å². The number of aliphatic carboxylic acids is 1. The van der Waals surface area contributed by atoms with Crippen LogP contribution >= 0.6 is 23.1 Å². The lowest BCUT2D eigenvalue weighted by Gasteiger charge is -2.10. The van der Waals surface area contributed by atoms with Gasteiger partial charge >= 0.3 is 5.97 Å². The number of carbonyl (C=O) groups is 2. The summed E-state index contributed by atoms with van der Waals surface area (Å²) >= 11 is 2.34. The number of hydrogen-bond acceptors (Lipinski definition) is 6.